The molecule has 0 radical (unpaired) electrons. The maximum Gasteiger partial charge on any atom is 0.255 e. The van der Waals surface area contributed by atoms with E-state index in [1.54, 1.807) is 0 Å². The Morgan fingerprint density at radius 1 is 0.625 bits per heavy atom. The number of aryl methyl sites for hydroxylation is 2. The van der Waals surface area contributed by atoms with E-state index in [2.05, 4.69) is 24.5 Å². The predicted octanol–water partition coefficient (Wildman–Crippen LogP) is 8.35. The Balaban J connectivity index is 1.28. The van der Waals surface area contributed by atoms with E-state index in [4.69, 9.17) is 4.74 Å². The second-order valence-corrected chi connectivity index (χ2v) is 10.0. The molecule has 0 fully saturated rings. The van der Waals surface area contributed by atoms with Gasteiger partial charge in [0.1, 0.15) is 11.5 Å². The van der Waals surface area contributed by atoms with E-state index in [0.29, 0.717) is 34.9 Å². The van der Waals surface area contributed by atoms with Crippen LogP contribution in [0.15, 0.2) is 97.1 Å². The van der Waals surface area contributed by atoms with E-state index >= 15 is 0 Å². The second-order valence-electron chi connectivity index (χ2n) is 10.0. The number of amides is 2. The highest BCUT2D eigenvalue weighted by molar-refractivity contribution is 6.04. The average Bonchev–Trinajstić information content (AvgIpc) is 2.99. The minimum atomic E-state index is -0.141. The molecule has 0 bridgehead atoms. The third-order valence-corrected chi connectivity index (χ3v) is 6.77. The van der Waals surface area contributed by atoms with E-state index < -0.39 is 0 Å². The van der Waals surface area contributed by atoms with E-state index in [1.165, 1.54) is 11.1 Å². The predicted molar refractivity (Wildman–Crippen MR) is 162 cm³/mol. The number of rotatable bonds is 13. The Kier molecular flexibility index (Phi) is 10.5. The Morgan fingerprint density at radius 2 is 1.20 bits per heavy atom. The molecule has 0 aliphatic carbocycles. The highest BCUT2D eigenvalue weighted by Crippen LogP contribution is 2.24. The zero-order chi connectivity index (χ0) is 28.2. The van der Waals surface area contributed by atoms with Gasteiger partial charge in [0.2, 0.25) is 0 Å². The Bertz CT molecular complexity index is 1380. The van der Waals surface area contributed by atoms with Crippen molar-refractivity contribution in [2.75, 3.05) is 5.32 Å². The van der Waals surface area contributed by atoms with Gasteiger partial charge in [-0.25, -0.2) is 0 Å². The summed E-state index contributed by atoms with van der Waals surface area (Å²) in [6, 6.07) is 30.5. The summed E-state index contributed by atoms with van der Waals surface area (Å²) in [5.41, 5.74) is 5.43. The van der Waals surface area contributed by atoms with Crippen molar-refractivity contribution in [2.24, 2.45) is 0 Å². The van der Waals surface area contributed by atoms with Gasteiger partial charge in [-0.05, 0) is 103 Å². The summed E-state index contributed by atoms with van der Waals surface area (Å²) in [7, 11) is 0. The van der Waals surface area contributed by atoms with Crippen LogP contribution in [0.4, 0.5) is 5.69 Å². The van der Waals surface area contributed by atoms with Gasteiger partial charge in [-0.1, -0.05) is 63.1 Å². The number of carbonyl (C=O) groups is 2. The highest BCUT2D eigenvalue weighted by atomic mass is 16.5. The molecule has 206 valence electrons. The van der Waals surface area contributed by atoms with Crippen molar-refractivity contribution >= 4 is 17.5 Å². The van der Waals surface area contributed by atoms with E-state index in [9.17, 15) is 9.59 Å². The molecule has 4 rings (SSSR count). The Morgan fingerprint density at radius 3 is 1.77 bits per heavy atom. The largest absolute Gasteiger partial charge is 0.457 e. The molecule has 4 aromatic rings. The maximum atomic E-state index is 12.6. The lowest BCUT2D eigenvalue weighted by molar-refractivity contribution is 0.0950. The first-order chi connectivity index (χ1) is 19.5. The highest BCUT2D eigenvalue weighted by Gasteiger charge is 2.08. The summed E-state index contributed by atoms with van der Waals surface area (Å²) >= 11 is 0. The lowest BCUT2D eigenvalue weighted by Gasteiger charge is -2.10. The quantitative estimate of drug-likeness (QED) is 0.181. The molecule has 0 aliphatic rings. The van der Waals surface area contributed by atoms with Crippen molar-refractivity contribution in [1.29, 1.82) is 0 Å². The summed E-state index contributed by atoms with van der Waals surface area (Å²) in [4.78, 5) is 25.2. The Labute approximate surface area is 237 Å². The fraction of sp³-hybridized carbons (Fsp3) is 0.257. The van der Waals surface area contributed by atoms with Crippen molar-refractivity contribution < 1.29 is 14.3 Å². The van der Waals surface area contributed by atoms with Gasteiger partial charge in [0.05, 0.1) is 0 Å². The third-order valence-electron chi connectivity index (χ3n) is 6.77. The number of unbranched alkanes of at least 4 members (excludes halogenated alkanes) is 2. The number of nitrogens with one attached hydrogen (secondary N) is 2. The summed E-state index contributed by atoms with van der Waals surface area (Å²) in [5, 5.41) is 5.92. The van der Waals surface area contributed by atoms with Crippen molar-refractivity contribution in [3.8, 4) is 11.5 Å². The third kappa shape index (κ3) is 8.57. The first kappa shape index (κ1) is 28.6. The standard InChI is InChI=1S/C35H38N2O3/c1-3-5-8-26-12-16-29(17-13-26)34(38)36-25-28-10-7-11-33(24-28)40-32-22-20-31(21-23-32)37-35(39)30-18-14-27(15-19-30)9-6-4-2/h7,10-24H,3-6,8-9,25H2,1-2H3,(H,36,38)(H,37,39). The normalized spacial score (nSPS) is 10.7. The smallest absolute Gasteiger partial charge is 0.255 e. The molecule has 5 heteroatoms. The van der Waals surface area contributed by atoms with Crippen molar-refractivity contribution in [3.63, 3.8) is 0 Å². The van der Waals surface area contributed by atoms with Crippen LogP contribution in [-0.2, 0) is 19.4 Å². The van der Waals surface area contributed by atoms with Gasteiger partial charge >= 0.3 is 0 Å². The minimum absolute atomic E-state index is 0.0987. The van der Waals surface area contributed by atoms with Crippen molar-refractivity contribution in [2.45, 2.75) is 58.9 Å². The van der Waals surface area contributed by atoms with Crippen LogP contribution in [0.5, 0.6) is 11.5 Å². The molecule has 2 N–H and O–H groups in total. The number of ether oxygens (including phenoxy) is 1. The van der Waals surface area contributed by atoms with Gasteiger partial charge in [0.25, 0.3) is 11.8 Å². The number of hydrogen-bond acceptors (Lipinski definition) is 3. The first-order valence-electron chi connectivity index (χ1n) is 14.2. The zero-order valence-corrected chi connectivity index (χ0v) is 23.4. The van der Waals surface area contributed by atoms with Gasteiger partial charge in [0, 0.05) is 23.4 Å². The van der Waals surface area contributed by atoms with Crippen molar-refractivity contribution in [3.05, 3.63) is 125 Å². The first-order valence-corrected chi connectivity index (χ1v) is 14.2. The molecule has 0 atom stereocenters. The Hall–Kier alpha value is -4.38. The topological polar surface area (TPSA) is 67.4 Å². The van der Waals surface area contributed by atoms with Crippen LogP contribution in [0.2, 0.25) is 0 Å². The number of carbonyl (C=O) groups excluding carboxylic acids is 2. The molecule has 5 nitrogen and oxygen atoms in total. The average molecular weight is 535 g/mol. The van der Waals surface area contributed by atoms with Gasteiger partial charge in [0.15, 0.2) is 0 Å². The minimum Gasteiger partial charge on any atom is -0.457 e. The van der Waals surface area contributed by atoms with Gasteiger partial charge in [-0.3, -0.25) is 9.59 Å². The van der Waals surface area contributed by atoms with Crippen LogP contribution in [0.3, 0.4) is 0 Å². The molecule has 4 aromatic carbocycles. The van der Waals surface area contributed by atoms with E-state index in [-0.39, 0.29) is 11.8 Å². The van der Waals surface area contributed by atoms with Crippen molar-refractivity contribution in [1.82, 2.24) is 5.32 Å². The fourth-order valence-electron chi connectivity index (χ4n) is 4.36. The molecular formula is C35H38N2O3. The molecule has 0 unspecified atom stereocenters. The van der Waals surface area contributed by atoms with Crippen LogP contribution >= 0.6 is 0 Å². The van der Waals surface area contributed by atoms with E-state index in [0.717, 1.165) is 44.1 Å². The maximum absolute atomic E-state index is 12.6. The molecule has 0 aliphatic heterocycles. The lowest BCUT2D eigenvalue weighted by atomic mass is 10.1. The molecule has 40 heavy (non-hydrogen) atoms. The van der Waals surface area contributed by atoms with Crippen LogP contribution in [0.1, 0.15) is 76.9 Å². The summed E-state index contributed by atoms with van der Waals surface area (Å²) in [6.07, 6.45) is 6.68. The summed E-state index contributed by atoms with van der Waals surface area (Å²) in [6.45, 7) is 4.75. The molecule has 2 amide bonds. The zero-order valence-electron chi connectivity index (χ0n) is 23.4. The van der Waals surface area contributed by atoms with Crippen LogP contribution in [-0.4, -0.2) is 11.8 Å². The summed E-state index contributed by atoms with van der Waals surface area (Å²) in [5.74, 6) is 1.09. The van der Waals surface area contributed by atoms with Gasteiger partial charge in [-0.2, -0.15) is 0 Å². The lowest BCUT2D eigenvalue weighted by Crippen LogP contribution is -2.22. The van der Waals surface area contributed by atoms with Gasteiger partial charge in [-0.15, -0.1) is 0 Å². The SMILES string of the molecule is CCCCc1ccc(C(=O)NCc2cccc(Oc3ccc(NC(=O)c4ccc(CCCC)cc4)cc3)c2)cc1. The monoisotopic (exact) mass is 534 g/mol. The molecule has 0 aromatic heterocycles. The molecule has 0 saturated heterocycles. The number of anilines is 1. The molecular weight excluding hydrogens is 496 g/mol. The van der Waals surface area contributed by atoms with Crippen LogP contribution in [0.25, 0.3) is 0 Å². The molecule has 0 spiro atoms. The second kappa shape index (κ2) is 14.7. The van der Waals surface area contributed by atoms with E-state index in [1.807, 2.05) is 97.1 Å². The molecule has 0 heterocycles. The summed E-state index contributed by atoms with van der Waals surface area (Å²) < 4.78 is 6.02. The van der Waals surface area contributed by atoms with Crippen LogP contribution < -0.4 is 15.4 Å². The van der Waals surface area contributed by atoms with Crippen LogP contribution in [0, 0.1) is 0 Å². The number of hydrogen-bond donors (Lipinski definition) is 2. The molecule has 0 saturated carbocycles. The van der Waals surface area contributed by atoms with Gasteiger partial charge < -0.3 is 15.4 Å². The number of benzene rings is 4. The fourth-order valence-corrected chi connectivity index (χ4v) is 4.36.